The highest BCUT2D eigenvalue weighted by molar-refractivity contribution is 9.11. The fourth-order valence-corrected chi connectivity index (χ4v) is 2.55. The van der Waals surface area contributed by atoms with E-state index in [9.17, 15) is 4.79 Å². The number of carbonyl (C=O) groups excluding carboxylic acids is 1. The summed E-state index contributed by atoms with van der Waals surface area (Å²) in [5.74, 6) is 1.01. The van der Waals surface area contributed by atoms with Gasteiger partial charge < -0.3 is 4.42 Å². The van der Waals surface area contributed by atoms with Gasteiger partial charge in [0.15, 0.2) is 5.76 Å². The number of carbonyl (C=O) groups is 1. The standard InChI is InChI=1S/C12H9BrO2S/c1-8-2-6-11(15-8)10(14)5-3-9-4-7-12(13)16-9/h2-7H,1H3/b5-3+. The van der Waals surface area contributed by atoms with E-state index in [1.54, 1.807) is 29.5 Å². The highest BCUT2D eigenvalue weighted by Crippen LogP contribution is 2.23. The summed E-state index contributed by atoms with van der Waals surface area (Å²) < 4.78 is 6.28. The minimum absolute atomic E-state index is 0.113. The van der Waals surface area contributed by atoms with Crippen molar-refractivity contribution in [2.75, 3.05) is 0 Å². The van der Waals surface area contributed by atoms with Crippen LogP contribution >= 0.6 is 27.3 Å². The van der Waals surface area contributed by atoms with E-state index in [-0.39, 0.29) is 5.78 Å². The van der Waals surface area contributed by atoms with Crippen molar-refractivity contribution in [1.29, 1.82) is 0 Å². The molecule has 0 aromatic carbocycles. The van der Waals surface area contributed by atoms with Gasteiger partial charge in [0, 0.05) is 4.88 Å². The van der Waals surface area contributed by atoms with Crippen LogP contribution in [0.4, 0.5) is 0 Å². The Morgan fingerprint density at radius 3 is 2.75 bits per heavy atom. The van der Waals surface area contributed by atoms with Gasteiger partial charge in [-0.25, -0.2) is 0 Å². The minimum atomic E-state index is -0.113. The molecule has 0 spiro atoms. The molecule has 0 atom stereocenters. The van der Waals surface area contributed by atoms with Crippen molar-refractivity contribution in [3.8, 4) is 0 Å². The monoisotopic (exact) mass is 296 g/mol. The summed E-state index contributed by atoms with van der Waals surface area (Å²) in [6.07, 6.45) is 3.31. The zero-order valence-electron chi connectivity index (χ0n) is 8.57. The first-order chi connectivity index (χ1) is 7.65. The van der Waals surface area contributed by atoms with Crippen LogP contribution in [-0.4, -0.2) is 5.78 Å². The van der Waals surface area contributed by atoms with Gasteiger partial charge in [-0.1, -0.05) is 0 Å². The number of hydrogen-bond acceptors (Lipinski definition) is 3. The summed E-state index contributed by atoms with van der Waals surface area (Å²) in [6, 6.07) is 7.37. The van der Waals surface area contributed by atoms with Gasteiger partial charge in [0.2, 0.25) is 5.78 Å². The van der Waals surface area contributed by atoms with Crippen LogP contribution in [0.5, 0.6) is 0 Å². The van der Waals surface area contributed by atoms with Crippen LogP contribution in [0.2, 0.25) is 0 Å². The van der Waals surface area contributed by atoms with Crippen molar-refractivity contribution in [2.24, 2.45) is 0 Å². The molecule has 2 heterocycles. The van der Waals surface area contributed by atoms with Crippen molar-refractivity contribution in [3.63, 3.8) is 0 Å². The summed E-state index contributed by atoms with van der Waals surface area (Å²) >= 11 is 4.95. The topological polar surface area (TPSA) is 30.2 Å². The number of thiophene rings is 1. The van der Waals surface area contributed by atoms with Crippen molar-refractivity contribution < 1.29 is 9.21 Å². The Hall–Kier alpha value is -1.13. The molecular weight excluding hydrogens is 288 g/mol. The lowest BCUT2D eigenvalue weighted by Crippen LogP contribution is -1.89. The number of furan rings is 1. The van der Waals surface area contributed by atoms with Crippen LogP contribution < -0.4 is 0 Å². The highest BCUT2D eigenvalue weighted by atomic mass is 79.9. The summed E-state index contributed by atoms with van der Waals surface area (Å²) in [7, 11) is 0. The number of halogens is 1. The second kappa shape index (κ2) is 4.80. The van der Waals surface area contributed by atoms with Gasteiger partial charge in [-0.3, -0.25) is 4.79 Å². The van der Waals surface area contributed by atoms with Gasteiger partial charge in [0.25, 0.3) is 0 Å². The molecule has 0 aliphatic heterocycles. The molecule has 0 saturated heterocycles. The number of hydrogen-bond donors (Lipinski definition) is 0. The van der Waals surface area contributed by atoms with E-state index in [4.69, 9.17) is 4.42 Å². The average molecular weight is 297 g/mol. The molecular formula is C12H9BrO2S. The molecule has 4 heteroatoms. The van der Waals surface area contributed by atoms with E-state index in [0.29, 0.717) is 5.76 Å². The molecule has 2 rings (SSSR count). The van der Waals surface area contributed by atoms with Crippen molar-refractivity contribution in [2.45, 2.75) is 6.92 Å². The molecule has 2 nitrogen and oxygen atoms in total. The molecule has 0 fully saturated rings. The third kappa shape index (κ3) is 2.71. The van der Waals surface area contributed by atoms with Crippen LogP contribution in [0.25, 0.3) is 6.08 Å². The van der Waals surface area contributed by atoms with Crippen molar-refractivity contribution >= 4 is 39.1 Å². The van der Waals surface area contributed by atoms with Crippen LogP contribution in [-0.2, 0) is 0 Å². The normalized spacial score (nSPS) is 11.1. The van der Waals surface area contributed by atoms with E-state index in [0.717, 1.165) is 14.4 Å². The van der Waals surface area contributed by atoms with Gasteiger partial charge in [0.1, 0.15) is 5.76 Å². The van der Waals surface area contributed by atoms with Crippen LogP contribution in [0.1, 0.15) is 21.2 Å². The maximum Gasteiger partial charge on any atom is 0.221 e. The lowest BCUT2D eigenvalue weighted by Gasteiger charge is -1.88. The Bertz CT molecular complexity index is 537. The first-order valence-corrected chi connectivity index (χ1v) is 6.30. The molecule has 0 aliphatic rings. The molecule has 82 valence electrons. The lowest BCUT2D eigenvalue weighted by molar-refractivity contribution is 0.102. The summed E-state index contributed by atoms with van der Waals surface area (Å²) in [5, 5.41) is 0. The second-order valence-corrected chi connectivity index (χ2v) is 5.74. The number of ketones is 1. The fourth-order valence-electron chi connectivity index (χ4n) is 1.22. The van der Waals surface area contributed by atoms with E-state index in [2.05, 4.69) is 15.9 Å². The maximum absolute atomic E-state index is 11.7. The molecule has 16 heavy (non-hydrogen) atoms. The molecule has 0 N–H and O–H groups in total. The van der Waals surface area contributed by atoms with Crippen molar-refractivity contribution in [1.82, 2.24) is 0 Å². The average Bonchev–Trinajstić information content (AvgIpc) is 2.84. The molecule has 0 unspecified atom stereocenters. The Morgan fingerprint density at radius 2 is 2.19 bits per heavy atom. The van der Waals surface area contributed by atoms with E-state index >= 15 is 0 Å². The summed E-state index contributed by atoms with van der Waals surface area (Å²) in [5.41, 5.74) is 0. The number of rotatable bonds is 3. The van der Waals surface area contributed by atoms with E-state index in [1.807, 2.05) is 19.1 Å². The Labute approximate surface area is 106 Å². The zero-order valence-corrected chi connectivity index (χ0v) is 11.0. The molecule has 0 radical (unpaired) electrons. The third-order valence-corrected chi connectivity index (χ3v) is 3.57. The van der Waals surface area contributed by atoms with Crippen LogP contribution in [0.3, 0.4) is 0 Å². The molecule has 2 aromatic heterocycles. The van der Waals surface area contributed by atoms with Crippen LogP contribution in [0, 0.1) is 6.92 Å². The Kier molecular flexibility index (Phi) is 3.41. The predicted molar refractivity (Wildman–Crippen MR) is 68.8 cm³/mol. The van der Waals surface area contributed by atoms with Gasteiger partial charge in [0.05, 0.1) is 3.79 Å². The summed E-state index contributed by atoms with van der Waals surface area (Å²) in [4.78, 5) is 12.7. The van der Waals surface area contributed by atoms with Crippen LogP contribution in [0.15, 0.2) is 38.5 Å². The first kappa shape index (κ1) is 11.4. The molecule has 2 aromatic rings. The minimum Gasteiger partial charge on any atom is -0.458 e. The lowest BCUT2D eigenvalue weighted by atomic mass is 10.2. The fraction of sp³-hybridized carbons (Fsp3) is 0.0833. The summed E-state index contributed by atoms with van der Waals surface area (Å²) in [6.45, 7) is 1.82. The number of allylic oxidation sites excluding steroid dienone is 1. The van der Waals surface area contributed by atoms with Gasteiger partial charge >= 0.3 is 0 Å². The highest BCUT2D eigenvalue weighted by Gasteiger charge is 2.05. The predicted octanol–water partition coefficient (Wildman–Crippen LogP) is 4.31. The van der Waals surface area contributed by atoms with Gasteiger partial charge in [-0.05, 0) is 59.3 Å². The van der Waals surface area contributed by atoms with Gasteiger partial charge in [-0.15, -0.1) is 11.3 Å². The largest absolute Gasteiger partial charge is 0.458 e. The third-order valence-electron chi connectivity index (χ3n) is 1.98. The number of aryl methyl sites for hydroxylation is 1. The molecule has 0 aliphatic carbocycles. The van der Waals surface area contributed by atoms with Gasteiger partial charge in [-0.2, -0.15) is 0 Å². The molecule has 0 amide bonds. The Morgan fingerprint density at radius 1 is 1.38 bits per heavy atom. The quantitative estimate of drug-likeness (QED) is 0.624. The Balaban J connectivity index is 2.10. The zero-order chi connectivity index (χ0) is 11.5. The first-order valence-electron chi connectivity index (χ1n) is 4.69. The van der Waals surface area contributed by atoms with Crippen molar-refractivity contribution in [3.05, 3.63) is 50.5 Å². The molecule has 0 bridgehead atoms. The second-order valence-electron chi connectivity index (χ2n) is 3.25. The van der Waals surface area contributed by atoms with E-state index in [1.165, 1.54) is 6.08 Å². The maximum atomic E-state index is 11.7. The van der Waals surface area contributed by atoms with E-state index < -0.39 is 0 Å². The molecule has 0 saturated carbocycles. The smallest absolute Gasteiger partial charge is 0.221 e. The SMILES string of the molecule is Cc1ccc(C(=O)/C=C/c2ccc(Br)s2)o1.